The van der Waals surface area contributed by atoms with Crippen LogP contribution in [0.5, 0.6) is 0 Å². The summed E-state index contributed by atoms with van der Waals surface area (Å²) in [4.78, 5) is 20.4. The van der Waals surface area contributed by atoms with Crippen molar-refractivity contribution >= 4 is 12.1 Å². The largest absolute Gasteiger partial charge is 0.444 e. The molecular formula is C21H38F3N5O2. The molecule has 0 aromatic rings. The lowest BCUT2D eigenvalue weighted by Crippen LogP contribution is -2.44. The van der Waals surface area contributed by atoms with Gasteiger partial charge in [-0.3, -0.25) is 9.89 Å². The molecule has 2 saturated heterocycles. The van der Waals surface area contributed by atoms with Crippen molar-refractivity contribution in [1.82, 2.24) is 20.4 Å². The van der Waals surface area contributed by atoms with Crippen molar-refractivity contribution in [2.45, 2.75) is 71.2 Å². The second-order valence-corrected chi connectivity index (χ2v) is 9.44. The number of nitrogens with zero attached hydrogens (tertiary/aromatic N) is 3. The smallest absolute Gasteiger partial charge is 0.407 e. The van der Waals surface area contributed by atoms with Crippen molar-refractivity contribution in [3.05, 3.63) is 0 Å². The molecule has 1 amide bonds. The first kappa shape index (κ1) is 25.5. The maximum Gasteiger partial charge on any atom is 0.407 e. The first-order valence-corrected chi connectivity index (χ1v) is 11.3. The monoisotopic (exact) mass is 449 g/mol. The molecule has 0 aromatic heterocycles. The van der Waals surface area contributed by atoms with E-state index in [1.165, 1.54) is 4.90 Å². The van der Waals surface area contributed by atoms with E-state index >= 15 is 0 Å². The number of hydrogen-bond donors (Lipinski definition) is 2. The number of rotatable bonds is 6. The van der Waals surface area contributed by atoms with Crippen LogP contribution in [0.2, 0.25) is 0 Å². The molecule has 7 nitrogen and oxygen atoms in total. The van der Waals surface area contributed by atoms with E-state index in [4.69, 9.17) is 9.73 Å². The molecular weight excluding hydrogens is 411 g/mol. The van der Waals surface area contributed by atoms with E-state index in [0.717, 1.165) is 44.7 Å². The average molecular weight is 450 g/mol. The second kappa shape index (κ2) is 11.2. The molecule has 180 valence electrons. The standard InChI is InChI=1S/C21H38F3N5O2/c1-5-25-18(29-13-9-17(14-29)27-19(30)31-20(2,3)4)26-10-6-16-7-11-28(12-8-16)15-21(22,23)24/h16-17H,5-15H2,1-4H3,(H,25,26)(H,27,30)/t17-/m1/s1. The van der Waals surface area contributed by atoms with Crippen LogP contribution in [0.3, 0.4) is 0 Å². The van der Waals surface area contributed by atoms with Crippen LogP contribution in [0.1, 0.15) is 53.4 Å². The zero-order chi connectivity index (χ0) is 23.1. The number of alkyl halides is 3. The van der Waals surface area contributed by atoms with Gasteiger partial charge in [0.15, 0.2) is 5.96 Å². The van der Waals surface area contributed by atoms with Gasteiger partial charge in [0.2, 0.25) is 0 Å². The number of guanidine groups is 1. The summed E-state index contributed by atoms with van der Waals surface area (Å²) in [5.74, 6) is 1.24. The number of amides is 1. The third-order valence-electron chi connectivity index (χ3n) is 5.45. The predicted molar refractivity (Wildman–Crippen MR) is 115 cm³/mol. The maximum absolute atomic E-state index is 12.5. The van der Waals surface area contributed by atoms with E-state index in [2.05, 4.69) is 15.5 Å². The molecule has 2 N–H and O–H groups in total. The third-order valence-corrected chi connectivity index (χ3v) is 5.45. The van der Waals surface area contributed by atoms with Crippen molar-refractivity contribution < 1.29 is 22.7 Å². The van der Waals surface area contributed by atoms with Crippen LogP contribution in [0.25, 0.3) is 0 Å². The molecule has 2 aliphatic rings. The molecule has 2 heterocycles. The Hall–Kier alpha value is -1.71. The molecule has 0 unspecified atom stereocenters. The Morgan fingerprint density at radius 3 is 2.39 bits per heavy atom. The van der Waals surface area contributed by atoms with Gasteiger partial charge < -0.3 is 20.3 Å². The Morgan fingerprint density at radius 1 is 1.13 bits per heavy atom. The number of aliphatic imine (C=N–C) groups is 1. The van der Waals surface area contributed by atoms with Gasteiger partial charge in [-0.2, -0.15) is 13.2 Å². The fraction of sp³-hybridized carbons (Fsp3) is 0.905. The number of ether oxygens (including phenoxy) is 1. The van der Waals surface area contributed by atoms with Gasteiger partial charge in [0, 0.05) is 26.2 Å². The summed E-state index contributed by atoms with van der Waals surface area (Å²) < 4.78 is 42.9. The van der Waals surface area contributed by atoms with Crippen molar-refractivity contribution in [2.24, 2.45) is 10.9 Å². The quantitative estimate of drug-likeness (QED) is 0.481. The number of hydrogen-bond acceptors (Lipinski definition) is 4. The van der Waals surface area contributed by atoms with E-state index in [1.807, 2.05) is 27.7 Å². The topological polar surface area (TPSA) is 69.2 Å². The molecule has 0 aromatic carbocycles. The minimum atomic E-state index is -4.12. The molecule has 0 aliphatic carbocycles. The lowest BCUT2D eigenvalue weighted by atomic mass is 9.93. The molecule has 2 aliphatic heterocycles. The Bertz CT molecular complexity index is 599. The van der Waals surface area contributed by atoms with E-state index < -0.39 is 24.4 Å². The SMILES string of the molecule is CCNC(=NCCC1CCN(CC(F)(F)F)CC1)N1CC[C@@H](NC(=O)OC(C)(C)C)C1. The highest BCUT2D eigenvalue weighted by Gasteiger charge is 2.32. The van der Waals surface area contributed by atoms with E-state index in [1.54, 1.807) is 0 Å². The molecule has 1 atom stereocenters. The van der Waals surface area contributed by atoms with E-state index in [-0.39, 0.29) is 6.04 Å². The first-order valence-electron chi connectivity index (χ1n) is 11.3. The molecule has 0 saturated carbocycles. The van der Waals surface area contributed by atoms with Gasteiger partial charge in [-0.25, -0.2) is 4.79 Å². The van der Waals surface area contributed by atoms with Crippen molar-refractivity contribution in [3.8, 4) is 0 Å². The van der Waals surface area contributed by atoms with Crippen LogP contribution in [0, 0.1) is 5.92 Å². The van der Waals surface area contributed by atoms with Crippen molar-refractivity contribution in [2.75, 3.05) is 45.8 Å². The zero-order valence-corrected chi connectivity index (χ0v) is 19.2. The highest BCUT2D eigenvalue weighted by atomic mass is 19.4. The number of carbonyl (C=O) groups excluding carboxylic acids is 1. The first-order chi connectivity index (χ1) is 14.4. The van der Waals surface area contributed by atoms with Gasteiger partial charge in [-0.1, -0.05) is 0 Å². The Kier molecular flexibility index (Phi) is 9.27. The normalized spacial score (nSPS) is 22.0. The Labute approximate surface area is 183 Å². The third kappa shape index (κ3) is 9.97. The van der Waals surface area contributed by atoms with Gasteiger partial charge in [0.1, 0.15) is 5.60 Å². The predicted octanol–water partition coefficient (Wildman–Crippen LogP) is 3.22. The summed E-state index contributed by atoms with van der Waals surface area (Å²) in [7, 11) is 0. The van der Waals surface area contributed by atoms with Crippen LogP contribution >= 0.6 is 0 Å². The van der Waals surface area contributed by atoms with Gasteiger partial charge in [0.05, 0.1) is 12.6 Å². The van der Waals surface area contributed by atoms with Crippen LogP contribution < -0.4 is 10.6 Å². The molecule has 31 heavy (non-hydrogen) atoms. The number of nitrogens with one attached hydrogen (secondary N) is 2. The number of likely N-dealkylation sites (tertiary alicyclic amines) is 2. The van der Waals surface area contributed by atoms with Crippen LogP contribution in [-0.2, 0) is 4.74 Å². The van der Waals surface area contributed by atoms with Crippen LogP contribution in [0.4, 0.5) is 18.0 Å². The number of halogens is 3. The summed E-state index contributed by atoms with van der Waals surface area (Å²) >= 11 is 0. The summed E-state index contributed by atoms with van der Waals surface area (Å²) in [5.41, 5.74) is -0.526. The molecule has 0 radical (unpaired) electrons. The molecule has 0 bridgehead atoms. The van der Waals surface area contributed by atoms with Crippen molar-refractivity contribution in [1.29, 1.82) is 0 Å². The molecule has 10 heteroatoms. The fourth-order valence-electron chi connectivity index (χ4n) is 4.01. The van der Waals surface area contributed by atoms with Crippen LogP contribution in [-0.4, -0.2) is 85.5 Å². The minimum Gasteiger partial charge on any atom is -0.444 e. The molecule has 2 rings (SSSR count). The summed E-state index contributed by atoms with van der Waals surface area (Å²) in [6.07, 6.45) is -1.26. The highest BCUT2D eigenvalue weighted by molar-refractivity contribution is 5.80. The molecule has 0 spiro atoms. The second-order valence-electron chi connectivity index (χ2n) is 9.44. The number of alkyl carbamates (subject to hydrolysis) is 1. The lowest BCUT2D eigenvalue weighted by molar-refractivity contribution is -0.148. The van der Waals surface area contributed by atoms with Crippen molar-refractivity contribution in [3.63, 3.8) is 0 Å². The minimum absolute atomic E-state index is 0.0108. The molecule has 2 fully saturated rings. The summed E-state index contributed by atoms with van der Waals surface area (Å²) in [5, 5.41) is 6.23. The van der Waals surface area contributed by atoms with Gasteiger partial charge in [0.25, 0.3) is 0 Å². The lowest BCUT2D eigenvalue weighted by Gasteiger charge is -2.32. The maximum atomic E-state index is 12.5. The zero-order valence-electron chi connectivity index (χ0n) is 19.2. The van der Waals surface area contributed by atoms with Gasteiger partial charge >= 0.3 is 12.3 Å². The highest BCUT2D eigenvalue weighted by Crippen LogP contribution is 2.24. The summed E-state index contributed by atoms with van der Waals surface area (Å²) in [6.45, 7) is 10.6. The number of piperidine rings is 1. The van der Waals surface area contributed by atoms with Gasteiger partial charge in [-0.15, -0.1) is 0 Å². The number of carbonyl (C=O) groups is 1. The van der Waals surface area contributed by atoms with Gasteiger partial charge in [-0.05, 0) is 72.4 Å². The average Bonchev–Trinajstić information content (AvgIpc) is 3.07. The summed E-state index contributed by atoms with van der Waals surface area (Å²) in [6, 6.07) is 0.0108. The Morgan fingerprint density at radius 2 is 1.81 bits per heavy atom. The van der Waals surface area contributed by atoms with E-state index in [9.17, 15) is 18.0 Å². The Balaban J connectivity index is 1.76. The van der Waals surface area contributed by atoms with E-state index in [0.29, 0.717) is 32.1 Å². The van der Waals surface area contributed by atoms with Crippen LogP contribution in [0.15, 0.2) is 4.99 Å². The fourth-order valence-corrected chi connectivity index (χ4v) is 4.01.